The number of hydrogen-bond donors (Lipinski definition) is 0. The number of esters is 1. The third kappa shape index (κ3) is 793. The van der Waals surface area contributed by atoms with Crippen molar-refractivity contribution >= 4 is 29.3 Å². The van der Waals surface area contributed by atoms with E-state index in [4.69, 9.17) is 0 Å². The minimum absolute atomic E-state index is 0.167. The van der Waals surface area contributed by atoms with Crippen molar-refractivity contribution in [1.82, 2.24) is 0 Å². The molecule has 0 spiro atoms. The molecule has 0 unspecified atom stereocenters. The Morgan fingerprint density at radius 3 is 0.913 bits per heavy atom. The summed E-state index contributed by atoms with van der Waals surface area (Å²) in [6, 6.07) is 0. The first-order valence-electron chi connectivity index (χ1n) is 7.33. The van der Waals surface area contributed by atoms with Gasteiger partial charge in [0.2, 0.25) is 0 Å². The van der Waals surface area contributed by atoms with Crippen LogP contribution in [0.5, 0.6) is 0 Å². The Balaban J connectivity index is -0.0000000383. The van der Waals surface area contributed by atoms with Crippen LogP contribution in [0.15, 0.2) is 0 Å². The molecule has 0 aromatic rings. The number of hydrogen-bond acceptors (Lipinski definition) is 6. The first kappa shape index (κ1) is 38.0. The molecule has 0 heterocycles. The van der Waals surface area contributed by atoms with Gasteiger partial charge < -0.3 is 19.1 Å². The number of methoxy groups -OCH3 is 2. The smallest absolute Gasteiger partial charge is 0.302 e. The van der Waals surface area contributed by atoms with E-state index in [1.54, 1.807) is 32.9 Å². The van der Waals surface area contributed by atoms with Gasteiger partial charge in [0.1, 0.15) is 11.6 Å². The van der Waals surface area contributed by atoms with E-state index in [9.17, 15) is 14.4 Å². The zero-order valence-corrected chi connectivity index (χ0v) is 18.2. The van der Waals surface area contributed by atoms with Crippen LogP contribution in [0.2, 0.25) is 0 Å². The maximum Gasteiger partial charge on any atom is 0.302 e. The van der Waals surface area contributed by atoms with Gasteiger partial charge in [-0.2, -0.15) is 11.8 Å². The van der Waals surface area contributed by atoms with Gasteiger partial charge in [-0.05, 0) is 33.3 Å². The van der Waals surface area contributed by atoms with Crippen molar-refractivity contribution in [2.75, 3.05) is 33.8 Å². The van der Waals surface area contributed by atoms with E-state index in [-0.39, 0.29) is 17.5 Å². The van der Waals surface area contributed by atoms with Crippen LogP contribution in [0.1, 0.15) is 61.3 Å². The van der Waals surface area contributed by atoms with Crippen LogP contribution in [-0.4, -0.2) is 51.4 Å². The number of Topliss-reactive ketones (excluding diaryl/α,β-unsaturated/α-hetero) is 2. The molecule has 0 rings (SSSR count). The van der Waals surface area contributed by atoms with Crippen LogP contribution < -0.4 is 0 Å². The van der Waals surface area contributed by atoms with Gasteiger partial charge in [-0.15, -0.1) is 0 Å². The van der Waals surface area contributed by atoms with E-state index in [2.05, 4.69) is 23.3 Å². The molecule has 0 fully saturated rings. The number of carbonyl (C=O) groups excluding carboxylic acids is 3. The lowest BCUT2D eigenvalue weighted by Crippen LogP contribution is -1.88. The van der Waals surface area contributed by atoms with E-state index in [0.717, 1.165) is 0 Å². The van der Waals surface area contributed by atoms with Crippen molar-refractivity contribution in [1.29, 1.82) is 0 Å². The standard InChI is InChI=1S/C4H8O.C3H6O2.C3H6O.C3H8.C2H6O.C2H6S/c1-3-4(2)5;1-3(4)5-2;1-3(2)4;3*1-3-2/h3H2,1-2H3;1-2H3;1-2H3;3H2,1-2H3;2*1-2H3. The Morgan fingerprint density at radius 2 is 0.913 bits per heavy atom. The van der Waals surface area contributed by atoms with E-state index in [0.29, 0.717) is 6.42 Å². The third-order valence-corrected chi connectivity index (χ3v) is 0.785. The average Bonchev–Trinajstić information content (AvgIpc) is 2.41. The maximum atomic E-state index is 9.81. The normalized spacial score (nSPS) is 6.61. The summed E-state index contributed by atoms with van der Waals surface area (Å²) in [5, 5.41) is 0. The molecule has 0 aliphatic carbocycles. The van der Waals surface area contributed by atoms with Gasteiger partial charge in [-0.3, -0.25) is 4.79 Å². The largest absolute Gasteiger partial charge is 0.469 e. The highest BCUT2D eigenvalue weighted by Crippen LogP contribution is 1.71. The molecule has 5 nitrogen and oxygen atoms in total. The molecule has 0 radical (unpaired) electrons. The molecule has 0 saturated carbocycles. The van der Waals surface area contributed by atoms with E-state index < -0.39 is 0 Å². The zero-order chi connectivity index (χ0) is 20.3. The second-order valence-corrected chi connectivity index (χ2v) is 5.00. The van der Waals surface area contributed by atoms with Crippen molar-refractivity contribution in [3.05, 3.63) is 0 Å². The Kier molecular flexibility index (Phi) is 82.0. The predicted molar refractivity (Wildman–Crippen MR) is 103 cm³/mol. The highest BCUT2D eigenvalue weighted by atomic mass is 32.2. The number of rotatable bonds is 1. The topological polar surface area (TPSA) is 69.7 Å². The summed E-state index contributed by atoms with van der Waals surface area (Å²) in [4.78, 5) is 28.8. The van der Waals surface area contributed by atoms with Gasteiger partial charge in [-0.25, -0.2) is 0 Å². The van der Waals surface area contributed by atoms with E-state index >= 15 is 0 Å². The van der Waals surface area contributed by atoms with Crippen molar-refractivity contribution < 1.29 is 23.9 Å². The second-order valence-electron chi connectivity index (χ2n) is 4.18. The molecule has 0 aliphatic heterocycles. The summed E-state index contributed by atoms with van der Waals surface area (Å²) in [7, 11) is 4.60. The highest BCUT2D eigenvalue weighted by molar-refractivity contribution is 7.97. The van der Waals surface area contributed by atoms with Gasteiger partial charge in [-0.1, -0.05) is 27.2 Å². The molecule has 0 amide bonds. The second kappa shape index (κ2) is 49.7. The fourth-order valence-corrected chi connectivity index (χ4v) is 0. The predicted octanol–water partition coefficient (Wildman–Crippen LogP) is 4.42. The van der Waals surface area contributed by atoms with Crippen LogP contribution in [0.3, 0.4) is 0 Å². The SMILES string of the molecule is CC(C)=O.CCC.CCC(C)=O.COC.COC(C)=O.CSC. The first-order valence-corrected chi connectivity index (χ1v) is 8.97. The summed E-state index contributed by atoms with van der Waals surface area (Å²) in [6.07, 6.45) is 6.00. The minimum Gasteiger partial charge on any atom is -0.469 e. The van der Waals surface area contributed by atoms with Crippen LogP contribution >= 0.6 is 11.8 Å². The molecule has 0 aliphatic rings. The number of thioether (sulfide) groups is 1. The average molecular weight is 357 g/mol. The molecular formula is C17H40O5S. The summed E-state index contributed by atoms with van der Waals surface area (Å²) in [6.45, 7) is 12.1. The fourth-order valence-electron chi connectivity index (χ4n) is 0. The lowest BCUT2D eigenvalue weighted by molar-refractivity contribution is -0.138. The van der Waals surface area contributed by atoms with Crippen LogP contribution in [0, 0.1) is 0 Å². The molecule has 0 N–H and O–H groups in total. The van der Waals surface area contributed by atoms with Gasteiger partial charge in [0.15, 0.2) is 0 Å². The highest BCUT2D eigenvalue weighted by Gasteiger charge is 1.77. The van der Waals surface area contributed by atoms with Gasteiger partial charge in [0, 0.05) is 27.6 Å². The summed E-state index contributed by atoms with van der Waals surface area (Å²) < 4.78 is 8.36. The summed E-state index contributed by atoms with van der Waals surface area (Å²) >= 11 is 1.75. The van der Waals surface area contributed by atoms with Crippen LogP contribution in [-0.2, 0) is 23.9 Å². The van der Waals surface area contributed by atoms with Gasteiger partial charge in [0.25, 0.3) is 0 Å². The third-order valence-electron chi connectivity index (χ3n) is 0.785. The number of carbonyl (C=O) groups is 3. The van der Waals surface area contributed by atoms with Crippen LogP contribution in [0.25, 0.3) is 0 Å². The number of ketones is 2. The number of ether oxygens (including phenoxy) is 2. The van der Waals surface area contributed by atoms with Gasteiger partial charge >= 0.3 is 5.97 Å². The molecule has 6 heteroatoms. The van der Waals surface area contributed by atoms with E-state index in [1.165, 1.54) is 34.3 Å². The molecule has 0 atom stereocenters. The first-order chi connectivity index (χ1) is 10.5. The molecule has 0 aromatic carbocycles. The molecule has 0 bridgehead atoms. The minimum atomic E-state index is -0.245. The Hall–Kier alpha value is -0.880. The summed E-state index contributed by atoms with van der Waals surface area (Å²) in [5.41, 5.74) is 0. The molecule has 144 valence electrons. The molecule has 0 saturated heterocycles. The fraction of sp³-hybridized carbons (Fsp3) is 0.824. The van der Waals surface area contributed by atoms with Gasteiger partial charge in [0.05, 0.1) is 7.11 Å². The maximum absolute atomic E-state index is 9.81. The Bertz CT molecular complexity index is 196. The van der Waals surface area contributed by atoms with Crippen molar-refractivity contribution in [2.45, 2.75) is 61.3 Å². The Morgan fingerprint density at radius 1 is 0.826 bits per heavy atom. The van der Waals surface area contributed by atoms with Crippen LogP contribution in [0.4, 0.5) is 0 Å². The molecule has 0 aromatic heterocycles. The van der Waals surface area contributed by atoms with E-state index in [1.807, 2.05) is 19.4 Å². The van der Waals surface area contributed by atoms with Crippen molar-refractivity contribution in [2.24, 2.45) is 0 Å². The van der Waals surface area contributed by atoms with Crippen molar-refractivity contribution in [3.63, 3.8) is 0 Å². The molecular weight excluding hydrogens is 316 g/mol. The zero-order valence-electron chi connectivity index (χ0n) is 17.4. The monoisotopic (exact) mass is 356 g/mol. The summed E-state index contributed by atoms with van der Waals surface area (Å²) in [5.74, 6) is 0.176. The Labute approximate surface area is 148 Å². The lowest BCUT2D eigenvalue weighted by Gasteiger charge is -1.80. The lowest BCUT2D eigenvalue weighted by atomic mass is 10.4. The molecule has 23 heavy (non-hydrogen) atoms. The van der Waals surface area contributed by atoms with Crippen molar-refractivity contribution in [3.8, 4) is 0 Å². The quantitative estimate of drug-likeness (QED) is 0.648.